The number of aryl methyl sites for hydroxylation is 1. The SMILES string of the molecule is COc1cnccc1C(C)NC(=O)C1CCc2n[nH]nc2C1. The van der Waals surface area contributed by atoms with Crippen LogP contribution in [-0.2, 0) is 17.6 Å². The number of fused-ring (bicyclic) bond motifs is 1. The summed E-state index contributed by atoms with van der Waals surface area (Å²) in [5.74, 6) is 0.658. The maximum absolute atomic E-state index is 12.5. The summed E-state index contributed by atoms with van der Waals surface area (Å²) in [6, 6.07) is 1.73. The van der Waals surface area contributed by atoms with Crippen molar-refractivity contribution in [3.05, 3.63) is 35.4 Å². The van der Waals surface area contributed by atoms with E-state index in [0.29, 0.717) is 12.2 Å². The van der Waals surface area contributed by atoms with Crippen molar-refractivity contribution < 1.29 is 9.53 Å². The van der Waals surface area contributed by atoms with Crippen LogP contribution in [0.2, 0.25) is 0 Å². The van der Waals surface area contributed by atoms with Gasteiger partial charge in [0, 0.05) is 24.1 Å². The van der Waals surface area contributed by atoms with Crippen LogP contribution in [-0.4, -0.2) is 33.4 Å². The number of aromatic nitrogens is 4. The molecule has 0 fully saturated rings. The lowest BCUT2D eigenvalue weighted by Gasteiger charge is -2.23. The highest BCUT2D eigenvalue weighted by Gasteiger charge is 2.28. The molecule has 22 heavy (non-hydrogen) atoms. The van der Waals surface area contributed by atoms with Crippen LogP contribution >= 0.6 is 0 Å². The molecule has 2 atom stereocenters. The third-order valence-corrected chi connectivity index (χ3v) is 4.10. The predicted molar refractivity (Wildman–Crippen MR) is 79.2 cm³/mol. The summed E-state index contributed by atoms with van der Waals surface area (Å²) in [6.45, 7) is 1.94. The second kappa shape index (κ2) is 6.13. The largest absolute Gasteiger partial charge is 0.495 e. The monoisotopic (exact) mass is 301 g/mol. The van der Waals surface area contributed by atoms with Crippen molar-refractivity contribution in [1.29, 1.82) is 0 Å². The number of hydrogen-bond acceptors (Lipinski definition) is 5. The van der Waals surface area contributed by atoms with E-state index in [2.05, 4.69) is 25.7 Å². The van der Waals surface area contributed by atoms with Gasteiger partial charge in [0.1, 0.15) is 5.75 Å². The van der Waals surface area contributed by atoms with Crippen LogP contribution in [0.4, 0.5) is 0 Å². The Morgan fingerprint density at radius 3 is 3.09 bits per heavy atom. The van der Waals surface area contributed by atoms with Gasteiger partial charge < -0.3 is 10.1 Å². The second-order valence-corrected chi connectivity index (χ2v) is 5.50. The molecule has 0 radical (unpaired) electrons. The van der Waals surface area contributed by atoms with Crippen LogP contribution in [0.25, 0.3) is 0 Å². The minimum atomic E-state index is -0.135. The van der Waals surface area contributed by atoms with E-state index in [1.807, 2.05) is 13.0 Å². The van der Waals surface area contributed by atoms with Crippen molar-refractivity contribution in [3.8, 4) is 5.75 Å². The van der Waals surface area contributed by atoms with Crippen LogP contribution in [0.3, 0.4) is 0 Å². The number of carbonyl (C=O) groups is 1. The van der Waals surface area contributed by atoms with Crippen LogP contribution in [0.15, 0.2) is 18.5 Å². The van der Waals surface area contributed by atoms with Gasteiger partial charge in [0.2, 0.25) is 5.91 Å². The number of amides is 1. The molecule has 0 saturated carbocycles. The number of pyridine rings is 1. The molecular weight excluding hydrogens is 282 g/mol. The van der Waals surface area contributed by atoms with E-state index in [1.54, 1.807) is 19.5 Å². The lowest BCUT2D eigenvalue weighted by atomic mass is 9.89. The molecule has 2 N–H and O–H groups in total. The Balaban J connectivity index is 1.67. The van der Waals surface area contributed by atoms with Crippen molar-refractivity contribution >= 4 is 5.91 Å². The van der Waals surface area contributed by atoms with E-state index >= 15 is 0 Å². The first-order valence-corrected chi connectivity index (χ1v) is 7.35. The third kappa shape index (κ3) is 2.79. The van der Waals surface area contributed by atoms with Gasteiger partial charge in [-0.1, -0.05) is 0 Å². The Kier molecular flexibility index (Phi) is 4.04. The van der Waals surface area contributed by atoms with E-state index in [0.717, 1.165) is 29.8 Å². The molecule has 2 heterocycles. The highest BCUT2D eigenvalue weighted by molar-refractivity contribution is 5.79. The van der Waals surface area contributed by atoms with Crippen molar-refractivity contribution in [1.82, 2.24) is 25.7 Å². The van der Waals surface area contributed by atoms with E-state index in [9.17, 15) is 4.79 Å². The average molecular weight is 301 g/mol. The summed E-state index contributed by atoms with van der Waals surface area (Å²) in [7, 11) is 1.60. The van der Waals surface area contributed by atoms with Crippen LogP contribution in [0, 0.1) is 5.92 Å². The van der Waals surface area contributed by atoms with E-state index in [-0.39, 0.29) is 17.9 Å². The standard InChI is InChI=1S/C15H19N5O2/c1-9(11-5-6-16-8-14(11)22-2)17-15(21)10-3-4-12-13(7-10)19-20-18-12/h5-6,8-10H,3-4,7H2,1-2H3,(H,17,21)(H,18,19,20). The van der Waals surface area contributed by atoms with E-state index < -0.39 is 0 Å². The summed E-state index contributed by atoms with van der Waals surface area (Å²) in [5.41, 5.74) is 2.80. The van der Waals surface area contributed by atoms with Gasteiger partial charge >= 0.3 is 0 Å². The number of methoxy groups -OCH3 is 1. The minimum absolute atomic E-state index is 0.0417. The molecule has 0 aromatic carbocycles. The minimum Gasteiger partial charge on any atom is -0.495 e. The number of rotatable bonds is 4. The summed E-state index contributed by atoms with van der Waals surface area (Å²) < 4.78 is 5.29. The zero-order valence-electron chi connectivity index (χ0n) is 12.7. The fourth-order valence-electron chi connectivity index (χ4n) is 2.84. The highest BCUT2D eigenvalue weighted by atomic mass is 16.5. The summed E-state index contributed by atoms with van der Waals surface area (Å²) in [5, 5.41) is 13.9. The zero-order chi connectivity index (χ0) is 15.5. The lowest BCUT2D eigenvalue weighted by Crippen LogP contribution is -2.35. The molecule has 1 aliphatic carbocycles. The van der Waals surface area contributed by atoms with Gasteiger partial charge in [0.25, 0.3) is 0 Å². The number of nitrogens with one attached hydrogen (secondary N) is 2. The summed E-state index contributed by atoms with van der Waals surface area (Å²) in [6.07, 6.45) is 5.57. The fraction of sp³-hybridized carbons (Fsp3) is 0.467. The predicted octanol–water partition coefficient (Wildman–Crippen LogP) is 1.19. The second-order valence-electron chi connectivity index (χ2n) is 5.50. The Morgan fingerprint density at radius 2 is 2.27 bits per heavy atom. The van der Waals surface area contributed by atoms with Gasteiger partial charge in [0.05, 0.1) is 30.7 Å². The Morgan fingerprint density at radius 1 is 1.45 bits per heavy atom. The molecule has 0 saturated heterocycles. The topological polar surface area (TPSA) is 92.8 Å². The van der Waals surface area contributed by atoms with Crippen LogP contribution in [0.1, 0.15) is 36.3 Å². The smallest absolute Gasteiger partial charge is 0.223 e. The molecular formula is C15H19N5O2. The van der Waals surface area contributed by atoms with E-state index in [4.69, 9.17) is 4.74 Å². The number of H-pyrrole nitrogens is 1. The van der Waals surface area contributed by atoms with Gasteiger partial charge in [0.15, 0.2) is 0 Å². The van der Waals surface area contributed by atoms with Gasteiger partial charge in [-0.15, -0.1) is 0 Å². The van der Waals surface area contributed by atoms with Crippen molar-refractivity contribution in [2.45, 2.75) is 32.2 Å². The first-order chi connectivity index (χ1) is 10.7. The molecule has 2 aromatic rings. The fourth-order valence-corrected chi connectivity index (χ4v) is 2.84. The van der Waals surface area contributed by atoms with Gasteiger partial charge in [-0.3, -0.25) is 9.78 Å². The quantitative estimate of drug-likeness (QED) is 0.885. The lowest BCUT2D eigenvalue weighted by molar-refractivity contribution is -0.126. The Hall–Kier alpha value is -2.44. The molecule has 0 aliphatic heterocycles. The first-order valence-electron chi connectivity index (χ1n) is 7.35. The number of hydrogen-bond donors (Lipinski definition) is 2. The zero-order valence-corrected chi connectivity index (χ0v) is 12.7. The highest BCUT2D eigenvalue weighted by Crippen LogP contribution is 2.26. The van der Waals surface area contributed by atoms with E-state index in [1.165, 1.54) is 0 Å². The molecule has 7 heteroatoms. The molecule has 0 spiro atoms. The average Bonchev–Trinajstić information content (AvgIpc) is 3.02. The maximum Gasteiger partial charge on any atom is 0.223 e. The van der Waals surface area contributed by atoms with Crippen molar-refractivity contribution in [2.75, 3.05) is 7.11 Å². The van der Waals surface area contributed by atoms with Crippen molar-refractivity contribution in [3.63, 3.8) is 0 Å². The molecule has 2 aromatic heterocycles. The Bertz CT molecular complexity index is 669. The molecule has 0 bridgehead atoms. The van der Waals surface area contributed by atoms with Gasteiger partial charge in [-0.25, -0.2) is 0 Å². The van der Waals surface area contributed by atoms with Gasteiger partial charge in [-0.05, 0) is 25.8 Å². The molecule has 1 amide bonds. The normalized spacial score (nSPS) is 18.4. The van der Waals surface area contributed by atoms with Crippen molar-refractivity contribution in [2.24, 2.45) is 5.92 Å². The molecule has 1 aliphatic rings. The maximum atomic E-state index is 12.5. The van der Waals surface area contributed by atoms with Crippen LogP contribution in [0.5, 0.6) is 5.75 Å². The molecule has 3 rings (SSSR count). The van der Waals surface area contributed by atoms with Crippen LogP contribution < -0.4 is 10.1 Å². The molecule has 2 unspecified atom stereocenters. The molecule has 7 nitrogen and oxygen atoms in total. The number of carbonyl (C=O) groups excluding carboxylic acids is 1. The summed E-state index contributed by atoms with van der Waals surface area (Å²) >= 11 is 0. The molecule has 116 valence electrons. The third-order valence-electron chi connectivity index (χ3n) is 4.10. The number of aromatic amines is 1. The van der Waals surface area contributed by atoms with Gasteiger partial charge in [-0.2, -0.15) is 15.4 Å². The Labute approximate surface area is 128 Å². The first kappa shape index (κ1) is 14.5. The summed E-state index contributed by atoms with van der Waals surface area (Å²) in [4.78, 5) is 16.5. The number of nitrogens with zero attached hydrogens (tertiary/aromatic N) is 3. The number of ether oxygens (including phenoxy) is 1.